The fourth-order valence-electron chi connectivity index (χ4n) is 1.57. The van der Waals surface area contributed by atoms with Gasteiger partial charge < -0.3 is 16.4 Å². The first-order valence-electron chi connectivity index (χ1n) is 6.82. The molecule has 0 fully saturated rings. The monoisotopic (exact) mass is 277 g/mol. The molecular formula is C15H23N3O2. The number of benzene rings is 1. The molecule has 0 radical (unpaired) electrons. The van der Waals surface area contributed by atoms with Gasteiger partial charge in [-0.3, -0.25) is 9.59 Å². The maximum Gasteiger partial charge on any atom is 0.228 e. The second-order valence-corrected chi connectivity index (χ2v) is 5.07. The molecule has 0 aliphatic rings. The third-order valence-electron chi connectivity index (χ3n) is 3.30. The SMILES string of the molecule is CCC(=O)Nc1ccc(C)c(NC(=O)C(C)C(C)N)c1. The molecule has 1 aromatic carbocycles. The van der Waals surface area contributed by atoms with Crippen LogP contribution < -0.4 is 16.4 Å². The zero-order valence-electron chi connectivity index (χ0n) is 12.5. The van der Waals surface area contributed by atoms with E-state index in [4.69, 9.17) is 5.73 Å². The van der Waals surface area contributed by atoms with Gasteiger partial charge in [-0.2, -0.15) is 0 Å². The van der Waals surface area contributed by atoms with Crippen LogP contribution in [0.15, 0.2) is 18.2 Å². The lowest BCUT2D eigenvalue weighted by molar-refractivity contribution is -0.119. The highest BCUT2D eigenvalue weighted by molar-refractivity contribution is 5.95. The van der Waals surface area contributed by atoms with Crippen LogP contribution in [0.4, 0.5) is 11.4 Å². The number of rotatable bonds is 5. The van der Waals surface area contributed by atoms with Gasteiger partial charge in [0.25, 0.3) is 0 Å². The third-order valence-corrected chi connectivity index (χ3v) is 3.30. The molecule has 4 N–H and O–H groups in total. The number of nitrogens with one attached hydrogen (secondary N) is 2. The fourth-order valence-corrected chi connectivity index (χ4v) is 1.57. The molecule has 0 heterocycles. The van der Waals surface area contributed by atoms with Gasteiger partial charge in [0.05, 0.1) is 5.92 Å². The van der Waals surface area contributed by atoms with Gasteiger partial charge in [-0.15, -0.1) is 0 Å². The number of aryl methyl sites for hydroxylation is 1. The van der Waals surface area contributed by atoms with Crippen molar-refractivity contribution in [3.05, 3.63) is 23.8 Å². The minimum Gasteiger partial charge on any atom is -0.327 e. The van der Waals surface area contributed by atoms with Crippen LogP contribution in [-0.2, 0) is 9.59 Å². The molecule has 1 rings (SSSR count). The first-order valence-corrected chi connectivity index (χ1v) is 6.82. The van der Waals surface area contributed by atoms with Crippen molar-refractivity contribution in [3.8, 4) is 0 Å². The third kappa shape index (κ3) is 4.35. The summed E-state index contributed by atoms with van der Waals surface area (Å²) in [5.41, 5.74) is 8.02. The standard InChI is InChI=1S/C15H23N3O2/c1-5-14(19)17-12-7-6-9(2)13(8-12)18-15(20)10(3)11(4)16/h6-8,10-11H,5,16H2,1-4H3,(H,17,19)(H,18,20). The Kier molecular flexibility index (Phi) is 5.70. The quantitative estimate of drug-likeness (QED) is 0.772. The van der Waals surface area contributed by atoms with E-state index in [2.05, 4.69) is 10.6 Å². The average Bonchev–Trinajstić information content (AvgIpc) is 2.41. The topological polar surface area (TPSA) is 84.2 Å². The van der Waals surface area contributed by atoms with E-state index in [1.165, 1.54) is 0 Å². The van der Waals surface area contributed by atoms with Gasteiger partial charge in [-0.1, -0.05) is 19.9 Å². The number of anilines is 2. The Labute approximate surface area is 119 Å². The molecule has 1 aromatic rings. The van der Waals surface area contributed by atoms with E-state index < -0.39 is 0 Å². The molecule has 5 heteroatoms. The minimum atomic E-state index is -0.275. The van der Waals surface area contributed by atoms with Crippen LogP contribution >= 0.6 is 0 Å². The summed E-state index contributed by atoms with van der Waals surface area (Å²) in [4.78, 5) is 23.4. The number of carbonyl (C=O) groups is 2. The molecule has 5 nitrogen and oxygen atoms in total. The van der Waals surface area contributed by atoms with Gasteiger partial charge in [-0.25, -0.2) is 0 Å². The van der Waals surface area contributed by atoms with Gasteiger partial charge in [0.1, 0.15) is 0 Å². The number of hydrogen-bond donors (Lipinski definition) is 3. The molecule has 0 saturated heterocycles. The summed E-state index contributed by atoms with van der Waals surface area (Å²) in [6, 6.07) is 5.22. The van der Waals surface area contributed by atoms with Gasteiger partial charge >= 0.3 is 0 Å². The first-order chi connectivity index (χ1) is 9.35. The maximum absolute atomic E-state index is 12.0. The lowest BCUT2D eigenvalue weighted by Crippen LogP contribution is -2.34. The summed E-state index contributed by atoms with van der Waals surface area (Å²) in [6.07, 6.45) is 0.414. The van der Waals surface area contributed by atoms with Crippen LogP contribution in [0, 0.1) is 12.8 Å². The Morgan fingerprint density at radius 1 is 1.25 bits per heavy atom. The molecule has 20 heavy (non-hydrogen) atoms. The van der Waals surface area contributed by atoms with Crippen molar-refractivity contribution in [1.82, 2.24) is 0 Å². The fraction of sp³-hybridized carbons (Fsp3) is 0.467. The highest BCUT2D eigenvalue weighted by Gasteiger charge is 2.17. The highest BCUT2D eigenvalue weighted by atomic mass is 16.2. The Morgan fingerprint density at radius 3 is 2.45 bits per heavy atom. The predicted octanol–water partition coefficient (Wildman–Crippen LogP) is 2.27. The smallest absolute Gasteiger partial charge is 0.228 e. The van der Waals surface area contributed by atoms with Crippen molar-refractivity contribution in [3.63, 3.8) is 0 Å². The van der Waals surface area contributed by atoms with Crippen molar-refractivity contribution in [2.75, 3.05) is 10.6 Å². The molecular weight excluding hydrogens is 254 g/mol. The second kappa shape index (κ2) is 7.05. The van der Waals surface area contributed by atoms with Crippen molar-refractivity contribution in [2.24, 2.45) is 11.7 Å². The highest BCUT2D eigenvalue weighted by Crippen LogP contribution is 2.21. The van der Waals surface area contributed by atoms with Crippen molar-refractivity contribution in [2.45, 2.75) is 40.2 Å². The van der Waals surface area contributed by atoms with Crippen LogP contribution in [0.5, 0.6) is 0 Å². The summed E-state index contributed by atoms with van der Waals surface area (Å²) in [5.74, 6) is -0.458. The van der Waals surface area contributed by atoms with Crippen molar-refractivity contribution < 1.29 is 9.59 Å². The summed E-state index contributed by atoms with van der Waals surface area (Å²) < 4.78 is 0. The molecule has 0 saturated carbocycles. The minimum absolute atomic E-state index is 0.0601. The zero-order chi connectivity index (χ0) is 15.3. The molecule has 2 unspecified atom stereocenters. The normalized spacial score (nSPS) is 13.4. The van der Waals surface area contributed by atoms with E-state index in [-0.39, 0.29) is 23.8 Å². The lowest BCUT2D eigenvalue weighted by atomic mass is 10.0. The van der Waals surface area contributed by atoms with Gasteiger partial charge in [0.15, 0.2) is 0 Å². The molecule has 0 aromatic heterocycles. The summed E-state index contributed by atoms with van der Waals surface area (Å²) in [5, 5.41) is 5.62. The molecule has 0 bridgehead atoms. The van der Waals surface area contributed by atoms with Gasteiger partial charge in [0, 0.05) is 23.8 Å². The molecule has 0 aliphatic heterocycles. The van der Waals surface area contributed by atoms with Crippen molar-refractivity contribution in [1.29, 1.82) is 0 Å². The van der Waals surface area contributed by atoms with E-state index in [9.17, 15) is 9.59 Å². The molecule has 2 atom stereocenters. The molecule has 0 aliphatic carbocycles. The Morgan fingerprint density at radius 2 is 1.90 bits per heavy atom. The van der Waals surface area contributed by atoms with E-state index in [0.29, 0.717) is 17.8 Å². The number of carbonyl (C=O) groups excluding carboxylic acids is 2. The first kappa shape index (κ1) is 16.2. The molecule has 2 amide bonds. The van der Waals surface area contributed by atoms with Crippen LogP contribution in [0.2, 0.25) is 0 Å². The van der Waals surface area contributed by atoms with E-state index in [0.717, 1.165) is 5.56 Å². The van der Waals surface area contributed by atoms with Gasteiger partial charge in [0.2, 0.25) is 11.8 Å². The van der Waals surface area contributed by atoms with Crippen LogP contribution in [0.1, 0.15) is 32.8 Å². The largest absolute Gasteiger partial charge is 0.327 e. The summed E-state index contributed by atoms with van der Waals surface area (Å²) >= 11 is 0. The average molecular weight is 277 g/mol. The lowest BCUT2D eigenvalue weighted by Gasteiger charge is -2.17. The molecule has 110 valence electrons. The van der Waals surface area contributed by atoms with Crippen molar-refractivity contribution >= 4 is 23.2 Å². The number of nitrogens with two attached hydrogens (primary N) is 1. The van der Waals surface area contributed by atoms with E-state index in [1.54, 1.807) is 26.8 Å². The summed E-state index contributed by atoms with van der Waals surface area (Å²) in [7, 11) is 0. The Hall–Kier alpha value is -1.88. The van der Waals surface area contributed by atoms with Crippen LogP contribution in [0.3, 0.4) is 0 Å². The van der Waals surface area contributed by atoms with Crippen LogP contribution in [0.25, 0.3) is 0 Å². The zero-order valence-corrected chi connectivity index (χ0v) is 12.5. The van der Waals surface area contributed by atoms with E-state index >= 15 is 0 Å². The summed E-state index contributed by atoms with van der Waals surface area (Å²) in [6.45, 7) is 7.28. The predicted molar refractivity (Wildman–Crippen MR) is 81.5 cm³/mol. The number of hydrogen-bond acceptors (Lipinski definition) is 3. The van der Waals surface area contributed by atoms with Crippen LogP contribution in [-0.4, -0.2) is 17.9 Å². The van der Waals surface area contributed by atoms with E-state index in [1.807, 2.05) is 19.1 Å². The second-order valence-electron chi connectivity index (χ2n) is 5.07. The Bertz CT molecular complexity index is 498. The number of amides is 2. The maximum atomic E-state index is 12.0. The molecule has 0 spiro atoms. The Balaban J connectivity index is 2.86. The van der Waals surface area contributed by atoms with Gasteiger partial charge in [-0.05, 0) is 31.5 Å².